The number of piperidine rings is 1. The maximum Gasteiger partial charge on any atom is 0.270 e. The predicted molar refractivity (Wildman–Crippen MR) is 110 cm³/mol. The van der Waals surface area contributed by atoms with Gasteiger partial charge in [0.15, 0.2) is 0 Å². The van der Waals surface area contributed by atoms with Crippen molar-refractivity contribution in [2.45, 2.75) is 45.6 Å². The first-order valence-electron chi connectivity index (χ1n) is 10.0. The highest BCUT2D eigenvalue weighted by Gasteiger charge is 2.26. The van der Waals surface area contributed by atoms with Gasteiger partial charge in [-0.3, -0.25) is 14.9 Å². The number of aromatic nitrogens is 1. The number of hydrogen-bond acceptors (Lipinski definition) is 6. The zero-order valence-electron chi connectivity index (χ0n) is 16.7. The van der Waals surface area contributed by atoms with Crippen LogP contribution in [0, 0.1) is 27.4 Å². The van der Waals surface area contributed by atoms with Crippen molar-refractivity contribution >= 4 is 28.3 Å². The molecule has 2 heterocycles. The van der Waals surface area contributed by atoms with Crippen LogP contribution in [0.25, 0.3) is 10.9 Å². The number of anilines is 1. The third-order valence-corrected chi connectivity index (χ3v) is 5.62. The number of nitrogens with zero attached hydrogens (tertiary/aromatic N) is 4. The minimum Gasteiger partial charge on any atom is -0.367 e. The number of hydrogen-bond donors (Lipinski definition) is 1. The number of non-ortho nitro benzene ring substituents is 1. The normalized spacial score (nSPS) is 14.8. The molecule has 0 atom stereocenters. The smallest absolute Gasteiger partial charge is 0.270 e. The summed E-state index contributed by atoms with van der Waals surface area (Å²) in [4.78, 5) is 29.5. The minimum absolute atomic E-state index is 0.0639. The summed E-state index contributed by atoms with van der Waals surface area (Å²) in [6.07, 6.45) is 3.36. The summed E-state index contributed by atoms with van der Waals surface area (Å²) < 4.78 is 0. The summed E-state index contributed by atoms with van der Waals surface area (Å²) in [5.74, 6) is 0.919. The maximum absolute atomic E-state index is 12.5. The Morgan fingerprint density at radius 3 is 2.62 bits per heavy atom. The van der Waals surface area contributed by atoms with Gasteiger partial charge in [-0.1, -0.05) is 13.8 Å². The van der Waals surface area contributed by atoms with Crippen molar-refractivity contribution in [2.75, 3.05) is 18.4 Å². The minimum atomic E-state index is -0.483. The lowest BCUT2D eigenvalue weighted by atomic mass is 9.98. The van der Waals surface area contributed by atoms with E-state index in [1.54, 1.807) is 12.1 Å². The Morgan fingerprint density at radius 2 is 2.03 bits per heavy atom. The number of fused-ring (bicyclic) bond motifs is 1. The second-order valence-electron chi connectivity index (χ2n) is 7.38. The molecule has 1 aromatic carbocycles. The van der Waals surface area contributed by atoms with E-state index in [0.29, 0.717) is 35.4 Å². The summed E-state index contributed by atoms with van der Waals surface area (Å²) in [7, 11) is 0. The zero-order valence-corrected chi connectivity index (χ0v) is 16.7. The molecule has 1 saturated heterocycles. The molecule has 8 nitrogen and oxygen atoms in total. The van der Waals surface area contributed by atoms with Crippen LogP contribution in [0.2, 0.25) is 0 Å². The average Bonchev–Trinajstić information content (AvgIpc) is 2.74. The van der Waals surface area contributed by atoms with E-state index in [1.165, 1.54) is 12.1 Å². The molecule has 1 fully saturated rings. The number of carbonyl (C=O) groups excluding carboxylic acids is 1. The van der Waals surface area contributed by atoms with Crippen molar-refractivity contribution < 1.29 is 9.72 Å². The lowest BCUT2D eigenvalue weighted by Gasteiger charge is -2.34. The topological polar surface area (TPSA) is 112 Å². The summed E-state index contributed by atoms with van der Waals surface area (Å²) in [6, 6.07) is 8.24. The molecule has 3 rings (SSSR count). The highest BCUT2D eigenvalue weighted by Crippen LogP contribution is 2.26. The number of nitriles is 1. The SMILES string of the molecule is CCC(CC)C(=O)N1CCC(Nc2cc(C#N)c3cc([N+](=O)[O-])ccc3n2)CC1. The Morgan fingerprint density at radius 1 is 1.34 bits per heavy atom. The molecule has 2 aromatic rings. The molecule has 1 aromatic heterocycles. The van der Waals surface area contributed by atoms with E-state index in [9.17, 15) is 20.2 Å². The fourth-order valence-electron chi connectivity index (χ4n) is 3.84. The molecule has 29 heavy (non-hydrogen) atoms. The predicted octanol–water partition coefficient (Wildman–Crippen LogP) is 3.85. The van der Waals surface area contributed by atoms with Crippen LogP contribution in [0.15, 0.2) is 24.3 Å². The Bertz CT molecular complexity index is 957. The second kappa shape index (κ2) is 8.86. The fourth-order valence-corrected chi connectivity index (χ4v) is 3.84. The van der Waals surface area contributed by atoms with E-state index >= 15 is 0 Å². The molecule has 0 radical (unpaired) electrons. The average molecular weight is 395 g/mol. The first-order valence-corrected chi connectivity index (χ1v) is 10.0. The van der Waals surface area contributed by atoms with Crippen LogP contribution >= 0.6 is 0 Å². The molecule has 1 amide bonds. The van der Waals surface area contributed by atoms with Crippen LogP contribution < -0.4 is 5.32 Å². The van der Waals surface area contributed by atoms with Gasteiger partial charge in [0.2, 0.25) is 5.91 Å². The standard InChI is InChI=1S/C21H25N5O3/c1-3-14(4-2)21(27)25-9-7-16(8-10-25)23-20-11-15(13-22)18-12-17(26(28)29)5-6-19(18)24-20/h5-6,11-12,14,16H,3-4,7-10H2,1-2H3,(H,23,24). The first kappa shape index (κ1) is 20.5. The van der Waals surface area contributed by atoms with Crippen molar-refractivity contribution in [1.82, 2.24) is 9.88 Å². The van der Waals surface area contributed by atoms with Gasteiger partial charge in [-0.2, -0.15) is 5.26 Å². The highest BCUT2D eigenvalue weighted by molar-refractivity contribution is 5.88. The van der Waals surface area contributed by atoms with Crippen molar-refractivity contribution in [1.29, 1.82) is 5.26 Å². The number of carbonyl (C=O) groups is 1. The number of nitro groups is 1. The number of likely N-dealkylation sites (tertiary alicyclic amines) is 1. The summed E-state index contributed by atoms with van der Waals surface area (Å²) in [5, 5.41) is 24.3. The van der Waals surface area contributed by atoms with E-state index in [-0.39, 0.29) is 23.6 Å². The second-order valence-corrected chi connectivity index (χ2v) is 7.38. The van der Waals surface area contributed by atoms with Gasteiger partial charge in [0.05, 0.1) is 22.1 Å². The van der Waals surface area contributed by atoms with Gasteiger partial charge in [0.1, 0.15) is 5.82 Å². The Balaban J connectivity index is 1.71. The number of benzene rings is 1. The first-order chi connectivity index (χ1) is 14.0. The quantitative estimate of drug-likeness (QED) is 0.587. The lowest BCUT2D eigenvalue weighted by Crippen LogP contribution is -2.44. The molecule has 152 valence electrons. The van der Waals surface area contributed by atoms with Crippen molar-refractivity contribution in [3.8, 4) is 6.07 Å². The maximum atomic E-state index is 12.5. The summed E-state index contributed by atoms with van der Waals surface area (Å²) >= 11 is 0. The summed E-state index contributed by atoms with van der Waals surface area (Å²) in [6.45, 7) is 5.51. The molecular formula is C21H25N5O3. The van der Waals surface area contributed by atoms with Crippen molar-refractivity contribution in [3.63, 3.8) is 0 Å². The Labute approximate surface area is 169 Å². The zero-order chi connectivity index (χ0) is 21.0. The monoisotopic (exact) mass is 395 g/mol. The summed E-state index contributed by atoms with van der Waals surface area (Å²) in [5.41, 5.74) is 0.826. The number of pyridine rings is 1. The van der Waals surface area contributed by atoms with Crippen molar-refractivity contribution in [3.05, 3.63) is 39.9 Å². The van der Waals surface area contributed by atoms with Crippen LogP contribution in [0.4, 0.5) is 11.5 Å². The van der Waals surface area contributed by atoms with Gasteiger partial charge < -0.3 is 10.2 Å². The molecule has 0 saturated carbocycles. The lowest BCUT2D eigenvalue weighted by molar-refractivity contribution is -0.384. The molecule has 0 aliphatic carbocycles. The van der Waals surface area contributed by atoms with E-state index in [4.69, 9.17) is 0 Å². The van der Waals surface area contributed by atoms with Crippen LogP contribution in [0.1, 0.15) is 45.1 Å². The van der Waals surface area contributed by atoms with E-state index in [1.807, 2.05) is 18.7 Å². The van der Waals surface area contributed by atoms with E-state index in [2.05, 4.69) is 16.4 Å². The van der Waals surface area contributed by atoms with Gasteiger partial charge >= 0.3 is 0 Å². The van der Waals surface area contributed by atoms with Gasteiger partial charge in [0.25, 0.3) is 5.69 Å². The van der Waals surface area contributed by atoms with Crippen molar-refractivity contribution in [2.24, 2.45) is 5.92 Å². The van der Waals surface area contributed by atoms with Gasteiger partial charge in [-0.05, 0) is 37.8 Å². The third-order valence-electron chi connectivity index (χ3n) is 5.62. The molecule has 1 aliphatic heterocycles. The van der Waals surface area contributed by atoms with Gasteiger partial charge in [-0.15, -0.1) is 0 Å². The number of nitrogens with one attached hydrogen (secondary N) is 1. The van der Waals surface area contributed by atoms with Crippen LogP contribution in [0.5, 0.6) is 0 Å². The molecule has 1 N–H and O–H groups in total. The molecule has 8 heteroatoms. The van der Waals surface area contributed by atoms with Crippen LogP contribution in [-0.2, 0) is 4.79 Å². The molecule has 0 unspecified atom stereocenters. The number of rotatable bonds is 6. The highest BCUT2D eigenvalue weighted by atomic mass is 16.6. The fraction of sp³-hybridized carbons (Fsp3) is 0.476. The molecular weight excluding hydrogens is 370 g/mol. The van der Waals surface area contributed by atoms with Crippen LogP contribution in [0.3, 0.4) is 0 Å². The largest absolute Gasteiger partial charge is 0.367 e. The van der Waals surface area contributed by atoms with Gasteiger partial charge in [-0.25, -0.2) is 4.98 Å². The number of amides is 1. The molecule has 0 spiro atoms. The number of nitro benzene ring substituents is 1. The van der Waals surface area contributed by atoms with E-state index < -0.39 is 4.92 Å². The Hall–Kier alpha value is -3.21. The molecule has 1 aliphatic rings. The van der Waals surface area contributed by atoms with E-state index in [0.717, 1.165) is 25.7 Å². The van der Waals surface area contributed by atoms with Crippen LogP contribution in [-0.4, -0.2) is 39.8 Å². The van der Waals surface area contributed by atoms with Gasteiger partial charge in [0, 0.05) is 42.6 Å². The third kappa shape index (κ3) is 4.45. The molecule has 0 bridgehead atoms. The Kier molecular flexibility index (Phi) is 6.27.